The van der Waals surface area contributed by atoms with Crippen LogP contribution in [0.25, 0.3) is 11.3 Å². The zero-order chi connectivity index (χ0) is 16.4. The smallest absolute Gasteiger partial charge is 0.256 e. The number of hydrogen-bond acceptors (Lipinski definition) is 6. The van der Waals surface area contributed by atoms with E-state index in [2.05, 4.69) is 15.1 Å². The summed E-state index contributed by atoms with van der Waals surface area (Å²) in [5.74, 6) is 1.76. The zero-order valence-electron chi connectivity index (χ0n) is 13.0. The average molecular weight is 333 g/mol. The lowest BCUT2D eigenvalue weighted by Gasteiger charge is -2.02. The first-order chi connectivity index (χ1) is 11.0. The maximum atomic E-state index is 13.0. The van der Waals surface area contributed by atoms with Crippen molar-refractivity contribution < 1.29 is 13.3 Å². The number of rotatable bonds is 5. The third-order valence-corrected chi connectivity index (χ3v) is 4.16. The summed E-state index contributed by atoms with van der Waals surface area (Å²) in [4.78, 5) is 8.61. The molecule has 0 bridgehead atoms. The lowest BCUT2D eigenvalue weighted by Crippen LogP contribution is -1.92. The number of nitrogens with zero attached hydrogens (tertiary/aromatic N) is 3. The molecule has 5 nitrogen and oxygen atoms in total. The van der Waals surface area contributed by atoms with E-state index in [0.717, 1.165) is 5.56 Å². The summed E-state index contributed by atoms with van der Waals surface area (Å²) < 4.78 is 23.9. The van der Waals surface area contributed by atoms with E-state index in [1.165, 1.54) is 23.9 Å². The number of thioether (sulfide) groups is 1. The van der Waals surface area contributed by atoms with Crippen LogP contribution in [0.2, 0.25) is 0 Å². The van der Waals surface area contributed by atoms with Crippen LogP contribution in [0.15, 0.2) is 44.6 Å². The Morgan fingerprint density at radius 1 is 1.13 bits per heavy atom. The normalized spacial score (nSPS) is 12.7. The molecule has 0 saturated heterocycles. The Kier molecular flexibility index (Phi) is 4.47. The van der Waals surface area contributed by atoms with Gasteiger partial charge in [0.25, 0.3) is 5.22 Å². The summed E-state index contributed by atoms with van der Waals surface area (Å²) in [5.41, 5.74) is 0.776. The number of hydrogen-bond donors (Lipinski definition) is 0. The number of benzene rings is 1. The van der Waals surface area contributed by atoms with E-state index in [9.17, 15) is 4.39 Å². The van der Waals surface area contributed by atoms with Crippen molar-refractivity contribution in [1.29, 1.82) is 0 Å². The van der Waals surface area contributed by atoms with Crippen molar-refractivity contribution in [3.63, 3.8) is 0 Å². The summed E-state index contributed by atoms with van der Waals surface area (Å²) >= 11 is 1.39. The summed E-state index contributed by atoms with van der Waals surface area (Å²) in [6.45, 7) is 5.97. The van der Waals surface area contributed by atoms with Gasteiger partial charge in [-0.2, -0.15) is 4.98 Å². The Labute approximate surface area is 137 Å². The molecular formula is C16H16FN3O2S. The molecule has 3 aromatic rings. The van der Waals surface area contributed by atoms with Crippen LogP contribution in [0.1, 0.15) is 43.7 Å². The molecule has 0 fully saturated rings. The Bertz CT molecular complexity index is 783. The Morgan fingerprint density at radius 3 is 2.52 bits per heavy atom. The molecule has 0 amide bonds. The predicted molar refractivity (Wildman–Crippen MR) is 84.6 cm³/mol. The minimum absolute atomic E-state index is 0.0743. The van der Waals surface area contributed by atoms with E-state index in [0.29, 0.717) is 22.7 Å². The lowest BCUT2D eigenvalue weighted by atomic mass is 10.2. The van der Waals surface area contributed by atoms with Crippen LogP contribution < -0.4 is 0 Å². The molecule has 0 unspecified atom stereocenters. The van der Waals surface area contributed by atoms with E-state index in [1.807, 2.05) is 20.8 Å². The van der Waals surface area contributed by atoms with Crippen molar-refractivity contribution in [3.8, 4) is 11.3 Å². The quantitative estimate of drug-likeness (QED) is 0.622. The second-order valence-electron chi connectivity index (χ2n) is 5.40. The molecule has 3 rings (SSSR count). The first kappa shape index (κ1) is 15.7. The molecule has 2 aromatic heterocycles. The predicted octanol–water partition coefficient (Wildman–Crippen LogP) is 4.84. The fraction of sp³-hybridized carbons (Fsp3) is 0.312. The van der Waals surface area contributed by atoms with Gasteiger partial charge in [-0.3, -0.25) is 0 Å². The molecule has 7 heteroatoms. The molecule has 0 saturated carbocycles. The first-order valence-electron chi connectivity index (χ1n) is 7.25. The van der Waals surface area contributed by atoms with Gasteiger partial charge in [0.1, 0.15) is 5.82 Å². The molecule has 120 valence electrons. The molecule has 0 aliphatic rings. The van der Waals surface area contributed by atoms with Crippen LogP contribution in [-0.2, 0) is 0 Å². The Morgan fingerprint density at radius 2 is 1.87 bits per heavy atom. The van der Waals surface area contributed by atoms with Crippen LogP contribution in [0.5, 0.6) is 0 Å². The zero-order valence-corrected chi connectivity index (χ0v) is 13.8. The van der Waals surface area contributed by atoms with Gasteiger partial charge in [-0.1, -0.05) is 30.8 Å². The van der Waals surface area contributed by atoms with Gasteiger partial charge < -0.3 is 8.94 Å². The summed E-state index contributed by atoms with van der Waals surface area (Å²) in [5, 5.41) is 4.38. The summed E-state index contributed by atoms with van der Waals surface area (Å²) in [6, 6.07) is 6.08. The minimum Gasteiger partial charge on any atom is -0.431 e. The van der Waals surface area contributed by atoms with E-state index < -0.39 is 0 Å². The molecule has 0 aliphatic heterocycles. The largest absolute Gasteiger partial charge is 0.431 e. The SMILES string of the molecule is CC(C)c1noc([C@@H](C)Sc2ncc(-c3ccc(F)cc3)o2)n1. The van der Waals surface area contributed by atoms with Crippen molar-refractivity contribution in [1.82, 2.24) is 15.1 Å². The minimum atomic E-state index is -0.283. The molecule has 0 spiro atoms. The molecular weight excluding hydrogens is 317 g/mol. The Hall–Kier alpha value is -2.15. The van der Waals surface area contributed by atoms with Gasteiger partial charge in [0.2, 0.25) is 5.89 Å². The number of aromatic nitrogens is 3. The maximum Gasteiger partial charge on any atom is 0.256 e. The van der Waals surface area contributed by atoms with Gasteiger partial charge in [-0.25, -0.2) is 9.37 Å². The molecule has 2 heterocycles. The van der Waals surface area contributed by atoms with E-state index in [1.54, 1.807) is 18.3 Å². The van der Waals surface area contributed by atoms with Crippen molar-refractivity contribution >= 4 is 11.8 Å². The van der Waals surface area contributed by atoms with Crippen molar-refractivity contribution in [2.75, 3.05) is 0 Å². The molecule has 0 radical (unpaired) electrons. The van der Waals surface area contributed by atoms with E-state index in [4.69, 9.17) is 8.94 Å². The highest BCUT2D eigenvalue weighted by Gasteiger charge is 2.19. The third-order valence-electron chi connectivity index (χ3n) is 3.21. The topological polar surface area (TPSA) is 65.0 Å². The molecule has 0 aliphatic carbocycles. The van der Waals surface area contributed by atoms with E-state index in [-0.39, 0.29) is 17.0 Å². The van der Waals surface area contributed by atoms with Gasteiger partial charge in [0, 0.05) is 11.5 Å². The van der Waals surface area contributed by atoms with Crippen molar-refractivity contribution in [3.05, 3.63) is 48.0 Å². The molecule has 23 heavy (non-hydrogen) atoms. The highest BCUT2D eigenvalue weighted by molar-refractivity contribution is 7.99. The first-order valence-corrected chi connectivity index (χ1v) is 8.13. The fourth-order valence-corrected chi connectivity index (χ4v) is 2.66. The number of halogens is 1. The van der Waals surface area contributed by atoms with Crippen LogP contribution in [0.4, 0.5) is 4.39 Å². The second kappa shape index (κ2) is 6.54. The third kappa shape index (κ3) is 3.61. The Balaban J connectivity index is 1.71. The molecule has 0 N–H and O–H groups in total. The lowest BCUT2D eigenvalue weighted by molar-refractivity contribution is 0.372. The second-order valence-corrected chi connectivity index (χ2v) is 6.69. The van der Waals surface area contributed by atoms with Gasteiger partial charge in [0.05, 0.1) is 11.4 Å². The van der Waals surface area contributed by atoms with Gasteiger partial charge in [0.15, 0.2) is 11.6 Å². The summed E-state index contributed by atoms with van der Waals surface area (Å²) in [7, 11) is 0. The van der Waals surface area contributed by atoms with Crippen LogP contribution in [-0.4, -0.2) is 15.1 Å². The van der Waals surface area contributed by atoms with Gasteiger partial charge in [-0.15, -0.1) is 0 Å². The summed E-state index contributed by atoms with van der Waals surface area (Å²) in [6.07, 6.45) is 1.62. The highest BCUT2D eigenvalue weighted by Crippen LogP contribution is 2.35. The monoisotopic (exact) mass is 333 g/mol. The van der Waals surface area contributed by atoms with Crippen LogP contribution >= 0.6 is 11.8 Å². The van der Waals surface area contributed by atoms with Crippen LogP contribution in [0, 0.1) is 5.82 Å². The van der Waals surface area contributed by atoms with Gasteiger partial charge >= 0.3 is 0 Å². The standard InChI is InChI=1S/C16H16FN3O2S/c1-9(2)14-19-15(22-20-14)10(3)23-16-18-8-13(21-16)11-4-6-12(17)7-5-11/h4-10H,1-3H3/t10-/m1/s1. The van der Waals surface area contributed by atoms with Crippen molar-refractivity contribution in [2.24, 2.45) is 0 Å². The fourth-order valence-electron chi connectivity index (χ4n) is 1.91. The number of oxazole rings is 1. The van der Waals surface area contributed by atoms with E-state index >= 15 is 0 Å². The molecule has 1 atom stereocenters. The van der Waals surface area contributed by atoms with Crippen LogP contribution in [0.3, 0.4) is 0 Å². The molecule has 1 aromatic carbocycles. The highest BCUT2D eigenvalue weighted by atomic mass is 32.2. The average Bonchev–Trinajstić information content (AvgIpc) is 3.17. The maximum absolute atomic E-state index is 13.0. The van der Waals surface area contributed by atoms with Crippen molar-refractivity contribution in [2.45, 2.75) is 37.2 Å². The van der Waals surface area contributed by atoms with Gasteiger partial charge in [-0.05, 0) is 31.2 Å².